The standard InChI is InChI=1S/C29H24N2O5/c32-26(33)18-36-22-12-10-19(11-13-22)14-21-16-31(15-20-6-2-1-3-7-20)17-24-27(29(34)35)23-8-4-5-9-25(23)30-28(21)24/h1-14H,15-18H2,(H,32,33)(H,34,35)/b21-14-. The Balaban J connectivity index is 1.58. The molecule has 5 rings (SSSR count). The Morgan fingerprint density at radius 3 is 2.36 bits per heavy atom. The molecule has 0 bridgehead atoms. The van der Waals surface area contributed by atoms with Gasteiger partial charge in [-0.05, 0) is 41.0 Å². The van der Waals surface area contributed by atoms with Crippen LogP contribution in [0.15, 0.2) is 78.9 Å². The van der Waals surface area contributed by atoms with E-state index in [1.807, 2.05) is 54.6 Å². The van der Waals surface area contributed by atoms with Gasteiger partial charge in [-0.3, -0.25) is 4.90 Å². The first-order chi connectivity index (χ1) is 17.5. The zero-order valence-electron chi connectivity index (χ0n) is 19.4. The third kappa shape index (κ3) is 4.96. The third-order valence-corrected chi connectivity index (χ3v) is 6.12. The number of ether oxygens (including phenoxy) is 1. The van der Waals surface area contributed by atoms with Crippen molar-refractivity contribution >= 4 is 34.5 Å². The van der Waals surface area contributed by atoms with Crippen molar-refractivity contribution in [3.8, 4) is 5.75 Å². The van der Waals surface area contributed by atoms with E-state index in [1.165, 1.54) is 0 Å². The summed E-state index contributed by atoms with van der Waals surface area (Å²) in [6.45, 7) is 1.34. The first kappa shape index (κ1) is 23.3. The van der Waals surface area contributed by atoms with Crippen molar-refractivity contribution in [3.63, 3.8) is 0 Å². The SMILES string of the molecule is O=C(O)COc1ccc(/C=C2/CN(Cc3ccccc3)Cc3c2nc2ccccc2c3C(=O)O)cc1. The van der Waals surface area contributed by atoms with E-state index < -0.39 is 18.5 Å². The van der Waals surface area contributed by atoms with Gasteiger partial charge in [-0.1, -0.05) is 60.7 Å². The summed E-state index contributed by atoms with van der Waals surface area (Å²) >= 11 is 0. The molecule has 7 heteroatoms. The highest BCUT2D eigenvalue weighted by Crippen LogP contribution is 2.34. The number of pyridine rings is 1. The molecular weight excluding hydrogens is 456 g/mol. The molecule has 2 heterocycles. The molecule has 1 aliphatic heterocycles. The average molecular weight is 481 g/mol. The normalized spacial score (nSPS) is 14.5. The van der Waals surface area contributed by atoms with Gasteiger partial charge in [0.2, 0.25) is 0 Å². The van der Waals surface area contributed by atoms with Gasteiger partial charge in [0.25, 0.3) is 0 Å². The fraction of sp³-hybridized carbons (Fsp3) is 0.138. The predicted molar refractivity (Wildman–Crippen MR) is 137 cm³/mol. The zero-order valence-corrected chi connectivity index (χ0v) is 19.4. The van der Waals surface area contributed by atoms with Gasteiger partial charge in [-0.25, -0.2) is 14.6 Å². The third-order valence-electron chi connectivity index (χ3n) is 6.12. The van der Waals surface area contributed by atoms with Crippen LogP contribution in [0.25, 0.3) is 22.6 Å². The Morgan fingerprint density at radius 2 is 1.64 bits per heavy atom. The lowest BCUT2D eigenvalue weighted by Crippen LogP contribution is -2.31. The second-order valence-corrected chi connectivity index (χ2v) is 8.69. The summed E-state index contributed by atoms with van der Waals surface area (Å²) < 4.78 is 5.24. The first-order valence-corrected chi connectivity index (χ1v) is 11.5. The largest absolute Gasteiger partial charge is 0.482 e. The maximum atomic E-state index is 12.4. The molecule has 36 heavy (non-hydrogen) atoms. The van der Waals surface area contributed by atoms with Gasteiger partial charge in [0.15, 0.2) is 6.61 Å². The smallest absolute Gasteiger partial charge is 0.341 e. The maximum Gasteiger partial charge on any atom is 0.341 e. The van der Waals surface area contributed by atoms with Crippen LogP contribution in [-0.2, 0) is 17.9 Å². The number of carbonyl (C=O) groups is 2. The van der Waals surface area contributed by atoms with Crippen LogP contribution >= 0.6 is 0 Å². The number of aromatic carboxylic acids is 1. The van der Waals surface area contributed by atoms with E-state index in [0.717, 1.165) is 16.7 Å². The van der Waals surface area contributed by atoms with E-state index in [2.05, 4.69) is 17.0 Å². The van der Waals surface area contributed by atoms with Crippen molar-refractivity contribution in [1.29, 1.82) is 0 Å². The molecule has 0 spiro atoms. The van der Waals surface area contributed by atoms with Gasteiger partial charge < -0.3 is 14.9 Å². The molecule has 0 amide bonds. The van der Waals surface area contributed by atoms with Crippen LogP contribution in [0, 0.1) is 0 Å². The first-order valence-electron chi connectivity index (χ1n) is 11.5. The number of hydrogen-bond acceptors (Lipinski definition) is 5. The number of rotatable bonds is 7. The molecule has 3 aromatic carbocycles. The maximum absolute atomic E-state index is 12.4. The summed E-state index contributed by atoms with van der Waals surface area (Å²) in [5.74, 6) is -1.54. The van der Waals surface area contributed by atoms with Crippen molar-refractivity contribution in [2.45, 2.75) is 13.1 Å². The Kier molecular flexibility index (Phi) is 6.47. The van der Waals surface area contributed by atoms with E-state index >= 15 is 0 Å². The number of hydrogen-bond donors (Lipinski definition) is 2. The van der Waals surface area contributed by atoms with E-state index in [4.69, 9.17) is 14.8 Å². The quantitative estimate of drug-likeness (QED) is 0.386. The molecule has 1 aromatic heterocycles. The molecule has 0 fully saturated rings. The Labute approximate surface area is 207 Å². The lowest BCUT2D eigenvalue weighted by molar-refractivity contribution is -0.139. The highest BCUT2D eigenvalue weighted by molar-refractivity contribution is 6.06. The van der Waals surface area contributed by atoms with E-state index in [9.17, 15) is 14.7 Å². The van der Waals surface area contributed by atoms with E-state index in [0.29, 0.717) is 47.5 Å². The highest BCUT2D eigenvalue weighted by Gasteiger charge is 2.28. The van der Waals surface area contributed by atoms with Crippen LogP contribution in [0.4, 0.5) is 0 Å². The van der Waals surface area contributed by atoms with Gasteiger partial charge in [-0.2, -0.15) is 0 Å². The zero-order chi connectivity index (χ0) is 25.1. The number of aliphatic carboxylic acids is 1. The fourth-order valence-corrected chi connectivity index (χ4v) is 4.58. The predicted octanol–water partition coefficient (Wildman–Crippen LogP) is 4.95. The second kappa shape index (κ2) is 10.0. The summed E-state index contributed by atoms with van der Waals surface area (Å²) in [6.07, 6.45) is 2.00. The Morgan fingerprint density at radius 1 is 0.917 bits per heavy atom. The lowest BCUT2D eigenvalue weighted by Gasteiger charge is -2.31. The van der Waals surface area contributed by atoms with Crippen molar-refractivity contribution < 1.29 is 24.5 Å². The minimum absolute atomic E-state index is 0.289. The molecule has 0 unspecified atom stereocenters. The molecule has 0 saturated heterocycles. The van der Waals surface area contributed by atoms with Crippen LogP contribution in [-0.4, -0.2) is 45.2 Å². The van der Waals surface area contributed by atoms with Crippen LogP contribution in [0.3, 0.4) is 0 Å². The molecule has 180 valence electrons. The molecule has 7 nitrogen and oxygen atoms in total. The van der Waals surface area contributed by atoms with Crippen LogP contribution in [0.2, 0.25) is 0 Å². The molecule has 0 atom stereocenters. The Hall–Kier alpha value is -4.49. The van der Waals surface area contributed by atoms with Crippen LogP contribution < -0.4 is 4.74 Å². The highest BCUT2D eigenvalue weighted by atomic mass is 16.5. The lowest BCUT2D eigenvalue weighted by atomic mass is 9.91. The monoisotopic (exact) mass is 480 g/mol. The van der Waals surface area contributed by atoms with Crippen LogP contribution in [0.5, 0.6) is 5.75 Å². The molecule has 2 N–H and O–H groups in total. The molecule has 1 aliphatic rings. The summed E-state index contributed by atoms with van der Waals surface area (Å²) in [5, 5.41) is 19.6. The van der Waals surface area contributed by atoms with Gasteiger partial charge in [0.05, 0.1) is 16.8 Å². The van der Waals surface area contributed by atoms with E-state index in [1.54, 1.807) is 18.2 Å². The van der Waals surface area contributed by atoms with Gasteiger partial charge in [0.1, 0.15) is 5.75 Å². The number of para-hydroxylation sites is 1. The Bertz CT molecular complexity index is 1460. The number of benzene rings is 3. The molecule has 0 radical (unpaired) electrons. The van der Waals surface area contributed by atoms with Crippen molar-refractivity contribution in [1.82, 2.24) is 9.88 Å². The summed E-state index contributed by atoms with van der Waals surface area (Å²) in [7, 11) is 0. The second-order valence-electron chi connectivity index (χ2n) is 8.69. The van der Waals surface area contributed by atoms with Gasteiger partial charge in [0, 0.05) is 30.6 Å². The molecule has 4 aromatic rings. The minimum Gasteiger partial charge on any atom is -0.482 e. The average Bonchev–Trinajstić information content (AvgIpc) is 2.87. The van der Waals surface area contributed by atoms with Crippen molar-refractivity contribution in [2.75, 3.05) is 13.2 Å². The number of carboxylic acid groups (broad SMARTS) is 2. The molecule has 0 aliphatic carbocycles. The van der Waals surface area contributed by atoms with E-state index in [-0.39, 0.29) is 5.56 Å². The summed E-state index contributed by atoms with van der Waals surface area (Å²) in [4.78, 5) is 30.3. The summed E-state index contributed by atoms with van der Waals surface area (Å²) in [5.41, 5.74) is 5.28. The van der Waals surface area contributed by atoms with Gasteiger partial charge >= 0.3 is 11.9 Å². The number of aromatic nitrogens is 1. The molecule has 0 saturated carbocycles. The summed E-state index contributed by atoms with van der Waals surface area (Å²) in [6, 6.07) is 24.6. The van der Waals surface area contributed by atoms with Crippen molar-refractivity contribution in [3.05, 3.63) is 107 Å². The van der Waals surface area contributed by atoms with Crippen molar-refractivity contribution in [2.24, 2.45) is 0 Å². The molecular formula is C29H24N2O5. The number of fused-ring (bicyclic) bond motifs is 2. The van der Waals surface area contributed by atoms with Crippen LogP contribution in [0.1, 0.15) is 32.7 Å². The minimum atomic E-state index is -1.04. The topological polar surface area (TPSA) is 100.0 Å². The van der Waals surface area contributed by atoms with Gasteiger partial charge in [-0.15, -0.1) is 0 Å². The number of nitrogens with zero attached hydrogens (tertiary/aromatic N) is 2. The fourth-order valence-electron chi connectivity index (χ4n) is 4.58. The number of carboxylic acids is 2.